The van der Waals surface area contributed by atoms with Gasteiger partial charge in [-0.3, -0.25) is 0 Å². The first kappa shape index (κ1) is 14.7. The first-order valence-electron chi connectivity index (χ1n) is 5.62. The minimum atomic E-state index is -2.02. The van der Waals surface area contributed by atoms with Gasteiger partial charge in [0.15, 0.2) is 0 Å². The predicted molar refractivity (Wildman–Crippen MR) is 81.8 cm³/mol. The van der Waals surface area contributed by atoms with Gasteiger partial charge >= 0.3 is 5.97 Å². The molecule has 1 aromatic rings. The monoisotopic (exact) mass is 362 g/mol. The van der Waals surface area contributed by atoms with Crippen molar-refractivity contribution in [2.75, 3.05) is 0 Å². The van der Waals surface area contributed by atoms with Gasteiger partial charge in [-0.25, -0.2) is 4.79 Å². The van der Waals surface area contributed by atoms with E-state index >= 15 is 0 Å². The summed E-state index contributed by atoms with van der Waals surface area (Å²) < 4.78 is 6.79. The molecule has 0 unspecified atom stereocenters. The lowest BCUT2D eigenvalue weighted by Crippen LogP contribution is -2.42. The van der Waals surface area contributed by atoms with Gasteiger partial charge in [0.05, 0.1) is 5.56 Å². The van der Waals surface area contributed by atoms with Crippen molar-refractivity contribution >= 4 is 36.9 Å². The van der Waals surface area contributed by atoms with Gasteiger partial charge in [-0.05, 0) is 58.9 Å². The second kappa shape index (κ2) is 5.10. The van der Waals surface area contributed by atoms with Crippen LogP contribution in [-0.4, -0.2) is 14.3 Å². The van der Waals surface area contributed by atoms with Crippen molar-refractivity contribution in [3.8, 4) is 0 Å². The lowest BCUT2D eigenvalue weighted by molar-refractivity contribution is 0.0712. The predicted octanol–water partition coefficient (Wildman–Crippen LogP) is 4.45. The van der Waals surface area contributed by atoms with Crippen molar-refractivity contribution < 1.29 is 9.22 Å². The Morgan fingerprint density at radius 3 is 2.35 bits per heavy atom. The fraction of sp³-hybridized carbons (Fsp3) is 0.462. The van der Waals surface area contributed by atoms with Gasteiger partial charge in [-0.2, -0.15) is 0 Å². The van der Waals surface area contributed by atoms with Crippen LogP contribution in [0.25, 0.3) is 0 Å². The van der Waals surface area contributed by atoms with E-state index in [0.717, 1.165) is 3.57 Å². The molecular weight excluding hydrogens is 343 g/mol. The minimum Gasteiger partial charge on any atom is -0.516 e. The molecular formula is C13H19IO2Si. The summed E-state index contributed by atoms with van der Waals surface area (Å²) in [5, 5.41) is 0.0462. The van der Waals surface area contributed by atoms with E-state index in [0.29, 0.717) is 5.56 Å². The maximum Gasteiger partial charge on any atom is 0.324 e. The molecule has 0 saturated heterocycles. The number of hydrogen-bond donors (Lipinski definition) is 0. The number of hydrogen-bond acceptors (Lipinski definition) is 2. The van der Waals surface area contributed by atoms with Crippen LogP contribution in [0.2, 0.25) is 18.1 Å². The van der Waals surface area contributed by atoms with Crippen LogP contribution >= 0.6 is 22.6 Å². The van der Waals surface area contributed by atoms with Crippen molar-refractivity contribution in [2.24, 2.45) is 0 Å². The molecule has 1 rings (SSSR count). The zero-order valence-corrected chi connectivity index (χ0v) is 14.2. The molecule has 0 bridgehead atoms. The van der Waals surface area contributed by atoms with Crippen LogP contribution in [0.1, 0.15) is 31.1 Å². The molecule has 0 saturated carbocycles. The van der Waals surface area contributed by atoms with E-state index in [1.54, 1.807) is 6.07 Å². The molecule has 0 N–H and O–H groups in total. The Bertz CT molecular complexity index is 422. The van der Waals surface area contributed by atoms with Gasteiger partial charge < -0.3 is 4.43 Å². The highest BCUT2D eigenvalue weighted by Gasteiger charge is 2.40. The molecule has 0 aliphatic carbocycles. The summed E-state index contributed by atoms with van der Waals surface area (Å²) in [6.07, 6.45) is 0. The fourth-order valence-electron chi connectivity index (χ4n) is 1.06. The highest BCUT2D eigenvalue weighted by Crippen LogP contribution is 2.37. The average molecular weight is 362 g/mol. The number of benzene rings is 1. The molecule has 1 aromatic carbocycles. The van der Waals surface area contributed by atoms with Crippen molar-refractivity contribution in [2.45, 2.75) is 38.9 Å². The van der Waals surface area contributed by atoms with Crippen molar-refractivity contribution in [3.63, 3.8) is 0 Å². The zero-order valence-electron chi connectivity index (χ0n) is 11.0. The summed E-state index contributed by atoms with van der Waals surface area (Å²) in [6, 6.07) is 7.50. The molecule has 0 heterocycles. The second-order valence-corrected chi connectivity index (χ2v) is 11.6. The maximum absolute atomic E-state index is 12.1. The molecule has 0 atom stereocenters. The largest absolute Gasteiger partial charge is 0.516 e. The number of rotatable bonds is 2. The highest BCUT2D eigenvalue weighted by molar-refractivity contribution is 14.1. The van der Waals surface area contributed by atoms with Crippen LogP contribution in [0.5, 0.6) is 0 Å². The van der Waals surface area contributed by atoms with E-state index in [-0.39, 0.29) is 11.0 Å². The van der Waals surface area contributed by atoms with E-state index in [1.165, 1.54) is 0 Å². The van der Waals surface area contributed by atoms with Crippen LogP contribution in [0.3, 0.4) is 0 Å². The normalized spacial score (nSPS) is 12.4. The van der Waals surface area contributed by atoms with E-state index in [9.17, 15) is 4.79 Å². The summed E-state index contributed by atoms with van der Waals surface area (Å²) in [4.78, 5) is 12.1. The van der Waals surface area contributed by atoms with Crippen molar-refractivity contribution in [1.29, 1.82) is 0 Å². The topological polar surface area (TPSA) is 26.3 Å². The molecule has 0 fully saturated rings. The van der Waals surface area contributed by atoms with Crippen LogP contribution in [-0.2, 0) is 4.43 Å². The van der Waals surface area contributed by atoms with E-state index in [2.05, 4.69) is 56.5 Å². The van der Waals surface area contributed by atoms with Gasteiger partial charge in [0, 0.05) is 3.57 Å². The van der Waals surface area contributed by atoms with Crippen molar-refractivity contribution in [1.82, 2.24) is 0 Å². The molecule has 0 aliphatic heterocycles. The first-order chi connectivity index (χ1) is 7.63. The number of halogens is 1. The third-order valence-electron chi connectivity index (χ3n) is 3.21. The van der Waals surface area contributed by atoms with Crippen molar-refractivity contribution in [3.05, 3.63) is 33.4 Å². The molecule has 0 spiro atoms. The number of carbonyl (C=O) groups excluding carboxylic acids is 1. The fourth-order valence-corrected chi connectivity index (χ4v) is 2.49. The highest BCUT2D eigenvalue weighted by atomic mass is 127. The minimum absolute atomic E-state index is 0.0462. The summed E-state index contributed by atoms with van der Waals surface area (Å²) >= 11 is 2.20. The second-order valence-electron chi connectivity index (χ2n) is 5.66. The Balaban J connectivity index is 2.87. The van der Waals surface area contributed by atoms with Gasteiger partial charge in [0.25, 0.3) is 8.32 Å². The first-order valence-corrected chi connectivity index (χ1v) is 9.61. The summed E-state index contributed by atoms with van der Waals surface area (Å²) in [5.41, 5.74) is 0.640. The molecule has 4 heteroatoms. The van der Waals surface area contributed by atoms with Crippen LogP contribution in [0, 0.1) is 3.57 Å². The number of carbonyl (C=O) groups is 1. The molecule has 0 amide bonds. The van der Waals surface area contributed by atoms with Crippen LogP contribution in [0.4, 0.5) is 0 Å². The van der Waals surface area contributed by atoms with E-state index < -0.39 is 8.32 Å². The van der Waals surface area contributed by atoms with Crippen LogP contribution in [0.15, 0.2) is 24.3 Å². The standard InChI is InChI=1S/C13H19IO2Si/c1-13(2,3)17(4,5)16-12(15)10-7-6-8-11(14)9-10/h6-9H,1-5H3. The summed E-state index contributed by atoms with van der Waals surface area (Å²) in [6.45, 7) is 10.5. The Kier molecular flexibility index (Phi) is 4.41. The summed E-state index contributed by atoms with van der Waals surface area (Å²) in [7, 11) is -2.02. The van der Waals surface area contributed by atoms with Gasteiger partial charge in [-0.1, -0.05) is 26.8 Å². The quantitative estimate of drug-likeness (QED) is 0.574. The SMILES string of the molecule is CC(C)(C)[Si](C)(C)OC(=O)c1cccc(I)c1. The lowest BCUT2D eigenvalue weighted by atomic mass is 10.2. The van der Waals surface area contributed by atoms with Crippen LogP contribution < -0.4 is 0 Å². The molecule has 17 heavy (non-hydrogen) atoms. The maximum atomic E-state index is 12.1. The van der Waals surface area contributed by atoms with Gasteiger partial charge in [-0.15, -0.1) is 0 Å². The van der Waals surface area contributed by atoms with E-state index in [4.69, 9.17) is 4.43 Å². The third kappa shape index (κ3) is 3.81. The average Bonchev–Trinajstić information content (AvgIpc) is 2.15. The Hall–Kier alpha value is -0.363. The molecule has 2 nitrogen and oxygen atoms in total. The molecule has 94 valence electrons. The van der Waals surface area contributed by atoms with E-state index in [1.807, 2.05) is 18.2 Å². The molecule has 0 radical (unpaired) electrons. The summed E-state index contributed by atoms with van der Waals surface area (Å²) in [5.74, 6) is -0.199. The molecule has 0 aliphatic rings. The Morgan fingerprint density at radius 2 is 1.88 bits per heavy atom. The Morgan fingerprint density at radius 1 is 1.29 bits per heavy atom. The zero-order chi connectivity index (χ0) is 13.3. The Labute approximate surface area is 118 Å². The smallest absolute Gasteiger partial charge is 0.324 e. The van der Waals surface area contributed by atoms with Gasteiger partial charge in [0.2, 0.25) is 0 Å². The van der Waals surface area contributed by atoms with Gasteiger partial charge in [0.1, 0.15) is 0 Å². The molecule has 0 aromatic heterocycles. The lowest BCUT2D eigenvalue weighted by Gasteiger charge is -2.35. The third-order valence-corrected chi connectivity index (χ3v) is 8.19.